The lowest BCUT2D eigenvalue weighted by atomic mass is 10.2. The van der Waals surface area contributed by atoms with E-state index in [-0.39, 0.29) is 10.8 Å². The number of nitrogens with zero attached hydrogens (tertiary/aromatic N) is 2. The Kier molecular flexibility index (Phi) is 5.10. The van der Waals surface area contributed by atoms with E-state index >= 15 is 0 Å². The number of anilines is 1. The van der Waals surface area contributed by atoms with Gasteiger partial charge >= 0.3 is 0 Å². The van der Waals surface area contributed by atoms with Gasteiger partial charge in [-0.15, -0.1) is 0 Å². The maximum absolute atomic E-state index is 13.1. The van der Waals surface area contributed by atoms with Crippen LogP contribution in [0.4, 0.5) is 5.69 Å². The van der Waals surface area contributed by atoms with Crippen LogP contribution in [-0.2, 0) is 10.0 Å². The summed E-state index contributed by atoms with van der Waals surface area (Å²) in [7, 11) is -2.32. The molecule has 0 N–H and O–H groups in total. The summed E-state index contributed by atoms with van der Waals surface area (Å²) in [6.07, 6.45) is 4.42. The summed E-state index contributed by atoms with van der Waals surface area (Å²) >= 11 is 6.00. The van der Waals surface area contributed by atoms with Gasteiger partial charge in [-0.1, -0.05) is 23.7 Å². The molecule has 2 aliphatic rings. The lowest BCUT2D eigenvalue weighted by Gasteiger charge is -2.23. The third-order valence-corrected chi connectivity index (χ3v) is 7.33. The zero-order valence-corrected chi connectivity index (χ0v) is 17.3. The molecule has 5 nitrogen and oxygen atoms in total. The topological polar surface area (TPSA) is 57.7 Å². The van der Waals surface area contributed by atoms with Crippen LogP contribution in [0.2, 0.25) is 5.02 Å². The number of amides is 1. The zero-order valence-electron chi connectivity index (χ0n) is 15.7. The second-order valence-corrected chi connectivity index (χ2v) is 10.0. The molecule has 7 heteroatoms. The first-order chi connectivity index (χ1) is 13.4. The highest BCUT2D eigenvalue weighted by atomic mass is 35.5. The van der Waals surface area contributed by atoms with E-state index in [1.807, 2.05) is 4.90 Å². The number of sulfonamides is 1. The highest BCUT2D eigenvalue weighted by Crippen LogP contribution is 2.36. The third-order valence-electron chi connectivity index (χ3n) is 5.31. The van der Waals surface area contributed by atoms with Crippen LogP contribution in [0, 0.1) is 5.92 Å². The molecular formula is C21H23ClN2O3S. The maximum Gasteiger partial charge on any atom is 0.264 e. The van der Waals surface area contributed by atoms with Gasteiger partial charge in [-0.25, -0.2) is 8.42 Å². The lowest BCUT2D eigenvalue weighted by Crippen LogP contribution is -2.35. The SMILES string of the molecule is CN(c1cccc(Cl)c1)S(=O)(=O)c1cccc(C(=O)N(CC2CC2)C2CC2)c1. The number of hydrogen-bond acceptors (Lipinski definition) is 3. The quantitative estimate of drug-likeness (QED) is 0.677. The van der Waals surface area contributed by atoms with Crippen LogP contribution in [0.5, 0.6) is 0 Å². The number of rotatable bonds is 7. The second kappa shape index (κ2) is 7.41. The molecule has 28 heavy (non-hydrogen) atoms. The zero-order chi connectivity index (χ0) is 19.9. The lowest BCUT2D eigenvalue weighted by molar-refractivity contribution is 0.0734. The summed E-state index contributed by atoms with van der Waals surface area (Å²) in [5.41, 5.74) is 0.894. The minimum Gasteiger partial charge on any atom is -0.335 e. The molecule has 0 unspecified atom stereocenters. The smallest absolute Gasteiger partial charge is 0.264 e. The molecule has 2 aromatic rings. The number of hydrogen-bond donors (Lipinski definition) is 0. The number of carbonyl (C=O) groups is 1. The van der Waals surface area contributed by atoms with E-state index in [0.717, 1.165) is 19.4 Å². The van der Waals surface area contributed by atoms with Crippen LogP contribution in [0.1, 0.15) is 36.0 Å². The predicted octanol–water partition coefficient (Wildman–Crippen LogP) is 4.18. The van der Waals surface area contributed by atoms with Crippen LogP contribution in [0.25, 0.3) is 0 Å². The molecule has 0 spiro atoms. The van der Waals surface area contributed by atoms with Crippen LogP contribution >= 0.6 is 11.6 Å². The Morgan fingerprint density at radius 2 is 1.79 bits per heavy atom. The Balaban J connectivity index is 1.61. The van der Waals surface area contributed by atoms with E-state index < -0.39 is 10.0 Å². The molecule has 4 rings (SSSR count). The molecule has 0 aliphatic heterocycles. The molecule has 2 aliphatic carbocycles. The average molecular weight is 419 g/mol. The van der Waals surface area contributed by atoms with Crippen molar-refractivity contribution in [2.75, 3.05) is 17.9 Å². The van der Waals surface area contributed by atoms with Crippen molar-refractivity contribution in [1.29, 1.82) is 0 Å². The first kappa shape index (κ1) is 19.3. The molecule has 148 valence electrons. The van der Waals surface area contributed by atoms with Gasteiger partial charge in [-0.3, -0.25) is 9.10 Å². The minimum atomic E-state index is -3.80. The molecule has 0 heterocycles. The minimum absolute atomic E-state index is 0.0724. The van der Waals surface area contributed by atoms with E-state index in [0.29, 0.717) is 28.2 Å². The molecule has 2 fully saturated rings. The molecule has 2 aromatic carbocycles. The molecule has 0 atom stereocenters. The first-order valence-corrected chi connectivity index (χ1v) is 11.3. The Bertz CT molecular complexity index is 1000. The van der Waals surface area contributed by atoms with Crippen LogP contribution in [0.15, 0.2) is 53.4 Å². The van der Waals surface area contributed by atoms with Crippen LogP contribution < -0.4 is 4.31 Å². The molecule has 0 aromatic heterocycles. The second-order valence-electron chi connectivity index (χ2n) is 7.61. The predicted molar refractivity (Wildman–Crippen MR) is 110 cm³/mol. The van der Waals surface area contributed by atoms with Gasteiger partial charge in [0.05, 0.1) is 10.6 Å². The van der Waals surface area contributed by atoms with Crippen molar-refractivity contribution < 1.29 is 13.2 Å². The summed E-state index contributed by atoms with van der Waals surface area (Å²) in [4.78, 5) is 15.1. The van der Waals surface area contributed by atoms with Gasteiger partial charge < -0.3 is 4.90 Å². The summed E-state index contributed by atoms with van der Waals surface area (Å²) in [5.74, 6) is 0.530. The molecule has 2 saturated carbocycles. The highest BCUT2D eigenvalue weighted by molar-refractivity contribution is 7.92. The van der Waals surface area contributed by atoms with E-state index in [2.05, 4.69) is 0 Å². The number of benzene rings is 2. The molecule has 0 bridgehead atoms. The van der Waals surface area contributed by atoms with Crippen molar-refractivity contribution in [3.8, 4) is 0 Å². The van der Waals surface area contributed by atoms with Crippen LogP contribution in [0.3, 0.4) is 0 Å². The Morgan fingerprint density at radius 3 is 2.43 bits per heavy atom. The number of carbonyl (C=O) groups excluding carboxylic acids is 1. The molecule has 1 amide bonds. The van der Waals surface area contributed by atoms with E-state index in [9.17, 15) is 13.2 Å². The van der Waals surface area contributed by atoms with Gasteiger partial charge in [-0.2, -0.15) is 0 Å². The summed E-state index contributed by atoms with van der Waals surface area (Å²) in [6.45, 7) is 0.781. The molecular weight excluding hydrogens is 396 g/mol. The van der Waals surface area contributed by atoms with E-state index in [4.69, 9.17) is 11.6 Å². The Labute approximate surface area is 171 Å². The fraction of sp³-hybridized carbons (Fsp3) is 0.381. The largest absolute Gasteiger partial charge is 0.335 e. The van der Waals surface area contributed by atoms with Crippen molar-refractivity contribution in [2.24, 2.45) is 5.92 Å². The van der Waals surface area contributed by atoms with E-state index in [1.165, 1.54) is 36.3 Å². The fourth-order valence-electron chi connectivity index (χ4n) is 3.29. The van der Waals surface area contributed by atoms with E-state index in [1.54, 1.807) is 36.4 Å². The Morgan fingerprint density at radius 1 is 1.07 bits per heavy atom. The highest BCUT2D eigenvalue weighted by Gasteiger charge is 2.37. The summed E-state index contributed by atoms with van der Waals surface area (Å²) in [6, 6.07) is 13.3. The normalized spacial score (nSPS) is 16.6. The summed E-state index contributed by atoms with van der Waals surface area (Å²) in [5, 5.41) is 0.462. The van der Waals surface area contributed by atoms with Crippen LogP contribution in [-0.4, -0.2) is 38.9 Å². The maximum atomic E-state index is 13.1. The third kappa shape index (κ3) is 4.03. The fourth-order valence-corrected chi connectivity index (χ4v) is 4.71. The van der Waals surface area contributed by atoms with Gasteiger partial charge in [0.1, 0.15) is 0 Å². The van der Waals surface area contributed by atoms with Crippen molar-refractivity contribution in [1.82, 2.24) is 4.90 Å². The standard InChI is InChI=1S/C21H23ClN2O3S/c1-23(19-6-3-5-17(22)13-19)28(26,27)20-7-2-4-16(12-20)21(25)24(18-10-11-18)14-15-8-9-15/h2-7,12-13,15,18H,8-11,14H2,1H3. The Hall–Kier alpha value is -2.05. The molecule has 0 saturated heterocycles. The van der Waals surface area contributed by atoms with Gasteiger partial charge in [-0.05, 0) is 68.0 Å². The van der Waals surface area contributed by atoms with Crippen molar-refractivity contribution >= 4 is 33.2 Å². The van der Waals surface area contributed by atoms with Crippen molar-refractivity contribution in [3.63, 3.8) is 0 Å². The number of halogens is 1. The van der Waals surface area contributed by atoms with Gasteiger partial charge in [0.2, 0.25) is 0 Å². The average Bonchev–Trinajstić information content (AvgIpc) is 3.59. The molecule has 0 radical (unpaired) electrons. The van der Waals surface area contributed by atoms with Gasteiger partial charge in [0.15, 0.2) is 0 Å². The van der Waals surface area contributed by atoms with Crippen molar-refractivity contribution in [3.05, 3.63) is 59.1 Å². The first-order valence-electron chi connectivity index (χ1n) is 9.52. The van der Waals surface area contributed by atoms with Gasteiger partial charge in [0, 0.05) is 30.2 Å². The summed E-state index contributed by atoms with van der Waals surface area (Å²) < 4.78 is 27.3. The van der Waals surface area contributed by atoms with Crippen molar-refractivity contribution in [2.45, 2.75) is 36.6 Å². The monoisotopic (exact) mass is 418 g/mol. The van der Waals surface area contributed by atoms with Gasteiger partial charge in [0.25, 0.3) is 15.9 Å².